The van der Waals surface area contributed by atoms with Gasteiger partial charge in [-0.25, -0.2) is 0 Å². The first-order valence-electron chi connectivity index (χ1n) is 4.51. The molecular formula is C10H13Cl2N3. The monoisotopic (exact) mass is 245 g/mol. The number of guanidine groups is 1. The molecule has 0 amide bonds. The molecule has 3 nitrogen and oxygen atoms in total. The highest BCUT2D eigenvalue weighted by atomic mass is 35.5. The van der Waals surface area contributed by atoms with E-state index in [9.17, 15) is 0 Å². The Morgan fingerprint density at radius 1 is 1.33 bits per heavy atom. The summed E-state index contributed by atoms with van der Waals surface area (Å²) in [5.41, 5.74) is 11.4. The van der Waals surface area contributed by atoms with Gasteiger partial charge in [-0.15, -0.1) is 0 Å². The van der Waals surface area contributed by atoms with Crippen LogP contribution in [0.3, 0.4) is 0 Å². The maximum absolute atomic E-state index is 6.04. The van der Waals surface area contributed by atoms with Crippen molar-refractivity contribution in [3.63, 3.8) is 0 Å². The van der Waals surface area contributed by atoms with Gasteiger partial charge in [0.1, 0.15) is 0 Å². The van der Waals surface area contributed by atoms with E-state index in [0.717, 1.165) is 5.56 Å². The summed E-state index contributed by atoms with van der Waals surface area (Å²) in [4.78, 5) is 3.94. The Hall–Kier alpha value is -0.930. The van der Waals surface area contributed by atoms with Crippen molar-refractivity contribution in [3.8, 4) is 0 Å². The summed E-state index contributed by atoms with van der Waals surface area (Å²) in [6.07, 6.45) is 0. The SMILES string of the molecule is CC(CN=C(N)N)c1c(Cl)cccc1Cl. The quantitative estimate of drug-likeness (QED) is 0.635. The number of hydrogen-bond acceptors (Lipinski definition) is 1. The minimum absolute atomic E-state index is 0.0741. The molecule has 1 aromatic rings. The van der Waals surface area contributed by atoms with E-state index in [1.165, 1.54) is 0 Å². The largest absolute Gasteiger partial charge is 0.370 e. The molecule has 5 heteroatoms. The normalized spacial score (nSPS) is 12.2. The number of rotatable bonds is 3. The molecule has 82 valence electrons. The van der Waals surface area contributed by atoms with Crippen LogP contribution in [-0.4, -0.2) is 12.5 Å². The van der Waals surface area contributed by atoms with E-state index in [1.54, 1.807) is 18.2 Å². The van der Waals surface area contributed by atoms with Crippen LogP contribution in [0.1, 0.15) is 18.4 Å². The molecule has 1 unspecified atom stereocenters. The van der Waals surface area contributed by atoms with Crippen molar-refractivity contribution in [1.82, 2.24) is 0 Å². The van der Waals surface area contributed by atoms with E-state index in [1.807, 2.05) is 6.92 Å². The molecule has 0 fully saturated rings. The second-order valence-corrected chi connectivity index (χ2v) is 4.12. The van der Waals surface area contributed by atoms with E-state index in [0.29, 0.717) is 16.6 Å². The first-order valence-corrected chi connectivity index (χ1v) is 5.27. The average Bonchev–Trinajstić information content (AvgIpc) is 2.14. The predicted octanol–water partition coefficient (Wildman–Crippen LogP) is 2.37. The first-order chi connectivity index (χ1) is 7.02. The van der Waals surface area contributed by atoms with Crippen molar-refractivity contribution in [2.24, 2.45) is 16.5 Å². The average molecular weight is 246 g/mol. The maximum atomic E-state index is 6.04. The lowest BCUT2D eigenvalue weighted by Crippen LogP contribution is -2.23. The molecule has 15 heavy (non-hydrogen) atoms. The van der Waals surface area contributed by atoms with E-state index in [4.69, 9.17) is 34.7 Å². The summed E-state index contributed by atoms with van der Waals surface area (Å²) in [7, 11) is 0. The second-order valence-electron chi connectivity index (χ2n) is 3.30. The molecular weight excluding hydrogens is 233 g/mol. The molecule has 1 aromatic carbocycles. The van der Waals surface area contributed by atoms with Crippen LogP contribution in [0.15, 0.2) is 23.2 Å². The van der Waals surface area contributed by atoms with Gasteiger partial charge in [0, 0.05) is 22.5 Å². The molecule has 1 atom stereocenters. The highest BCUT2D eigenvalue weighted by Gasteiger charge is 2.12. The fraction of sp³-hybridized carbons (Fsp3) is 0.300. The highest BCUT2D eigenvalue weighted by Crippen LogP contribution is 2.31. The van der Waals surface area contributed by atoms with E-state index < -0.39 is 0 Å². The smallest absolute Gasteiger partial charge is 0.185 e. The van der Waals surface area contributed by atoms with Crippen LogP contribution >= 0.6 is 23.2 Å². The number of hydrogen-bond donors (Lipinski definition) is 2. The van der Waals surface area contributed by atoms with Gasteiger partial charge in [-0.1, -0.05) is 36.2 Å². The summed E-state index contributed by atoms with van der Waals surface area (Å²) in [5.74, 6) is 0.165. The Balaban J connectivity index is 2.91. The van der Waals surface area contributed by atoms with Gasteiger partial charge in [0.25, 0.3) is 0 Å². The standard InChI is InChI=1S/C10H13Cl2N3/c1-6(5-15-10(13)14)9-7(11)3-2-4-8(9)12/h2-4,6H,5H2,1H3,(H4,13,14,15). The summed E-state index contributed by atoms with van der Waals surface area (Å²) in [5, 5.41) is 1.28. The molecule has 0 radical (unpaired) electrons. The van der Waals surface area contributed by atoms with Crippen LogP contribution in [0, 0.1) is 0 Å². The third kappa shape index (κ3) is 3.29. The molecule has 0 aromatic heterocycles. The number of nitrogens with two attached hydrogens (primary N) is 2. The number of aliphatic imine (C=N–C) groups is 1. The lowest BCUT2D eigenvalue weighted by molar-refractivity contribution is 0.774. The Labute approximate surface area is 99.1 Å². The van der Waals surface area contributed by atoms with E-state index >= 15 is 0 Å². The van der Waals surface area contributed by atoms with Crippen molar-refractivity contribution >= 4 is 29.2 Å². The Morgan fingerprint density at radius 3 is 2.33 bits per heavy atom. The van der Waals surface area contributed by atoms with Gasteiger partial charge in [0.15, 0.2) is 5.96 Å². The van der Waals surface area contributed by atoms with Crippen molar-refractivity contribution in [2.75, 3.05) is 6.54 Å². The van der Waals surface area contributed by atoms with Gasteiger partial charge in [0.05, 0.1) is 0 Å². The number of halogens is 2. The van der Waals surface area contributed by atoms with Crippen molar-refractivity contribution in [1.29, 1.82) is 0 Å². The minimum atomic E-state index is 0.0741. The molecule has 0 saturated heterocycles. The van der Waals surface area contributed by atoms with Gasteiger partial charge in [-0.2, -0.15) is 0 Å². The van der Waals surface area contributed by atoms with Crippen molar-refractivity contribution in [3.05, 3.63) is 33.8 Å². The maximum Gasteiger partial charge on any atom is 0.185 e. The van der Waals surface area contributed by atoms with Crippen LogP contribution in [0.5, 0.6) is 0 Å². The van der Waals surface area contributed by atoms with Gasteiger partial charge in [0.2, 0.25) is 0 Å². The van der Waals surface area contributed by atoms with Crippen LogP contribution in [0.25, 0.3) is 0 Å². The van der Waals surface area contributed by atoms with Gasteiger partial charge in [-0.05, 0) is 17.7 Å². The summed E-state index contributed by atoms with van der Waals surface area (Å²) in [6.45, 7) is 2.45. The van der Waals surface area contributed by atoms with Crippen LogP contribution in [0.2, 0.25) is 10.0 Å². The zero-order valence-corrected chi connectivity index (χ0v) is 9.89. The van der Waals surface area contributed by atoms with Crippen molar-refractivity contribution in [2.45, 2.75) is 12.8 Å². The second kappa shape index (κ2) is 5.24. The van der Waals surface area contributed by atoms with Gasteiger partial charge >= 0.3 is 0 Å². The lowest BCUT2D eigenvalue weighted by atomic mass is 10.0. The molecule has 0 saturated carbocycles. The fourth-order valence-corrected chi connectivity index (χ4v) is 2.09. The summed E-state index contributed by atoms with van der Waals surface area (Å²) < 4.78 is 0. The fourth-order valence-electron chi connectivity index (χ4n) is 1.32. The Bertz CT molecular complexity index is 353. The van der Waals surface area contributed by atoms with E-state index in [2.05, 4.69) is 4.99 Å². The van der Waals surface area contributed by atoms with Crippen molar-refractivity contribution < 1.29 is 0 Å². The first kappa shape index (κ1) is 12.1. The van der Waals surface area contributed by atoms with Crippen LogP contribution in [0.4, 0.5) is 0 Å². The van der Waals surface area contributed by atoms with E-state index in [-0.39, 0.29) is 11.9 Å². The Kier molecular flexibility index (Phi) is 4.24. The summed E-state index contributed by atoms with van der Waals surface area (Å²) in [6, 6.07) is 5.41. The molecule has 4 N–H and O–H groups in total. The molecule has 0 heterocycles. The third-order valence-electron chi connectivity index (χ3n) is 2.04. The zero-order valence-electron chi connectivity index (χ0n) is 8.37. The molecule has 1 rings (SSSR count). The van der Waals surface area contributed by atoms with Gasteiger partial charge in [-0.3, -0.25) is 4.99 Å². The molecule has 0 aliphatic rings. The summed E-state index contributed by atoms with van der Waals surface area (Å²) >= 11 is 12.1. The van der Waals surface area contributed by atoms with Crippen LogP contribution in [-0.2, 0) is 0 Å². The molecule has 0 spiro atoms. The highest BCUT2D eigenvalue weighted by molar-refractivity contribution is 6.36. The van der Waals surface area contributed by atoms with Crippen LogP contribution < -0.4 is 11.5 Å². The molecule has 0 aliphatic heterocycles. The number of benzene rings is 1. The Morgan fingerprint density at radius 2 is 1.87 bits per heavy atom. The topological polar surface area (TPSA) is 64.4 Å². The molecule has 0 aliphatic carbocycles. The zero-order chi connectivity index (χ0) is 11.4. The molecule has 0 bridgehead atoms. The number of nitrogens with zero attached hydrogens (tertiary/aromatic N) is 1. The lowest BCUT2D eigenvalue weighted by Gasteiger charge is -2.13. The third-order valence-corrected chi connectivity index (χ3v) is 2.70. The minimum Gasteiger partial charge on any atom is -0.370 e. The predicted molar refractivity (Wildman–Crippen MR) is 65.6 cm³/mol. The van der Waals surface area contributed by atoms with Gasteiger partial charge < -0.3 is 11.5 Å².